The summed E-state index contributed by atoms with van der Waals surface area (Å²) < 4.78 is 27.1. The Bertz CT molecular complexity index is 914. The molecule has 0 spiro atoms. The number of aromatic nitrogens is 1. The molecule has 0 aliphatic heterocycles. The normalized spacial score (nSPS) is 11.1. The van der Waals surface area contributed by atoms with Gasteiger partial charge in [0.15, 0.2) is 0 Å². The molecule has 0 unspecified atom stereocenters. The van der Waals surface area contributed by atoms with Crippen LogP contribution in [0.1, 0.15) is 19.4 Å². The third-order valence-electron chi connectivity index (χ3n) is 3.35. The van der Waals surface area contributed by atoms with E-state index in [1.54, 1.807) is 45.0 Å². The van der Waals surface area contributed by atoms with E-state index in [0.717, 1.165) is 16.8 Å². The Labute approximate surface area is 151 Å². The molecule has 0 bridgehead atoms. The van der Waals surface area contributed by atoms with Crippen LogP contribution in [0.5, 0.6) is 0 Å². The number of nitrogens with one attached hydrogen (secondary N) is 2. The van der Waals surface area contributed by atoms with E-state index in [0.29, 0.717) is 5.69 Å². The topological polar surface area (TPSA) is 121 Å². The lowest BCUT2D eigenvalue weighted by Crippen LogP contribution is -2.42. The van der Waals surface area contributed by atoms with Gasteiger partial charge < -0.3 is 5.32 Å². The van der Waals surface area contributed by atoms with Crippen LogP contribution in [0.3, 0.4) is 0 Å². The van der Waals surface area contributed by atoms with Crippen molar-refractivity contribution in [3.05, 3.63) is 53.2 Å². The van der Waals surface area contributed by atoms with Crippen molar-refractivity contribution in [1.82, 2.24) is 15.0 Å². The number of sulfonamides is 1. The minimum absolute atomic E-state index is 0.0193. The molecule has 1 aromatic heterocycles. The number of hydrogen-bond acceptors (Lipinski definition) is 6. The molecule has 1 aromatic carbocycles. The van der Waals surface area contributed by atoms with Crippen LogP contribution in [-0.2, 0) is 10.0 Å². The van der Waals surface area contributed by atoms with Gasteiger partial charge in [0.2, 0.25) is 0 Å². The SMILES string of the molecule is Cc1ccccc1N(N=O)c1ccncc1S(=O)(=O)NC(=O)NC(C)C. The molecule has 2 aromatic rings. The molecule has 0 saturated carbocycles. The molecule has 2 rings (SSSR count). The van der Waals surface area contributed by atoms with Gasteiger partial charge in [-0.2, -0.15) is 5.01 Å². The highest BCUT2D eigenvalue weighted by Crippen LogP contribution is 2.32. The first kappa shape index (κ1) is 19.3. The molecule has 1 heterocycles. The van der Waals surface area contributed by atoms with Crippen molar-refractivity contribution < 1.29 is 13.2 Å². The number of carbonyl (C=O) groups excluding carboxylic acids is 1. The number of rotatable bonds is 6. The van der Waals surface area contributed by atoms with Crippen molar-refractivity contribution >= 4 is 27.4 Å². The van der Waals surface area contributed by atoms with Crippen LogP contribution in [0.4, 0.5) is 16.2 Å². The van der Waals surface area contributed by atoms with E-state index < -0.39 is 16.1 Å². The lowest BCUT2D eigenvalue weighted by atomic mass is 10.2. The van der Waals surface area contributed by atoms with E-state index in [4.69, 9.17) is 0 Å². The number of carbonyl (C=O) groups is 1. The van der Waals surface area contributed by atoms with Gasteiger partial charge in [0.25, 0.3) is 10.0 Å². The first-order valence-corrected chi connectivity index (χ1v) is 9.21. The summed E-state index contributed by atoms with van der Waals surface area (Å²) in [6.07, 6.45) is 2.38. The van der Waals surface area contributed by atoms with E-state index in [9.17, 15) is 18.1 Å². The average molecular weight is 377 g/mol. The Morgan fingerprint density at radius 3 is 2.50 bits per heavy atom. The summed E-state index contributed by atoms with van der Waals surface area (Å²) in [6.45, 7) is 5.15. The number of nitrogens with zero attached hydrogens (tertiary/aromatic N) is 3. The maximum Gasteiger partial charge on any atom is 0.328 e. The molecule has 0 atom stereocenters. The number of hydrogen-bond donors (Lipinski definition) is 2. The minimum Gasteiger partial charge on any atom is -0.335 e. The average Bonchev–Trinajstić information content (AvgIpc) is 2.56. The summed E-state index contributed by atoms with van der Waals surface area (Å²) in [4.78, 5) is 26.7. The molecule has 138 valence electrons. The van der Waals surface area contributed by atoms with E-state index in [1.807, 2.05) is 4.72 Å². The van der Waals surface area contributed by atoms with Gasteiger partial charge in [-0.05, 0) is 38.5 Å². The van der Waals surface area contributed by atoms with E-state index in [1.165, 1.54) is 12.3 Å². The van der Waals surface area contributed by atoms with Crippen molar-refractivity contribution in [2.45, 2.75) is 31.7 Å². The van der Waals surface area contributed by atoms with Gasteiger partial charge in [-0.25, -0.2) is 17.9 Å². The van der Waals surface area contributed by atoms with E-state index >= 15 is 0 Å². The molecule has 0 fully saturated rings. The second kappa shape index (κ2) is 7.91. The van der Waals surface area contributed by atoms with Crippen LogP contribution in [0.2, 0.25) is 0 Å². The first-order valence-electron chi connectivity index (χ1n) is 7.72. The number of nitroso groups, excluding NO2 is 1. The van der Waals surface area contributed by atoms with Crippen LogP contribution in [0.25, 0.3) is 0 Å². The number of para-hydroxylation sites is 1. The molecule has 2 N–H and O–H groups in total. The fourth-order valence-corrected chi connectivity index (χ4v) is 3.28. The van der Waals surface area contributed by atoms with Crippen molar-refractivity contribution in [2.75, 3.05) is 5.01 Å². The molecule has 2 amide bonds. The monoisotopic (exact) mass is 377 g/mol. The second-order valence-electron chi connectivity index (χ2n) is 5.76. The van der Waals surface area contributed by atoms with Gasteiger partial charge in [-0.1, -0.05) is 18.2 Å². The molecule has 0 aliphatic rings. The molecule has 0 aliphatic carbocycles. The maximum absolute atomic E-state index is 12.6. The fourth-order valence-electron chi connectivity index (χ4n) is 2.24. The predicted molar refractivity (Wildman–Crippen MR) is 97.3 cm³/mol. The first-order chi connectivity index (χ1) is 12.3. The molecule has 9 nitrogen and oxygen atoms in total. The highest BCUT2D eigenvalue weighted by atomic mass is 32.2. The third kappa shape index (κ3) is 4.33. The van der Waals surface area contributed by atoms with Gasteiger partial charge >= 0.3 is 6.03 Å². The van der Waals surface area contributed by atoms with Crippen LogP contribution in [-0.4, -0.2) is 25.5 Å². The van der Waals surface area contributed by atoms with Crippen LogP contribution >= 0.6 is 0 Å². The number of anilines is 2. The molecular weight excluding hydrogens is 358 g/mol. The quantitative estimate of drug-likeness (QED) is 0.589. The maximum atomic E-state index is 12.6. The molecule has 0 radical (unpaired) electrons. The number of aryl methyl sites for hydroxylation is 1. The van der Waals surface area contributed by atoms with Crippen molar-refractivity contribution in [2.24, 2.45) is 5.29 Å². The Hall–Kier alpha value is -3.01. The summed E-state index contributed by atoms with van der Waals surface area (Å²) in [5.41, 5.74) is 1.11. The van der Waals surface area contributed by atoms with Gasteiger partial charge in [0, 0.05) is 18.4 Å². The zero-order chi connectivity index (χ0) is 19.3. The highest BCUT2D eigenvalue weighted by molar-refractivity contribution is 7.90. The number of benzene rings is 1. The summed E-state index contributed by atoms with van der Waals surface area (Å²) in [6, 6.07) is 7.08. The summed E-state index contributed by atoms with van der Waals surface area (Å²) in [5, 5.41) is 6.33. The van der Waals surface area contributed by atoms with Crippen LogP contribution < -0.4 is 15.0 Å². The van der Waals surface area contributed by atoms with Gasteiger partial charge in [0.05, 0.1) is 16.7 Å². The zero-order valence-corrected chi connectivity index (χ0v) is 15.3. The molecule has 10 heteroatoms. The lowest BCUT2D eigenvalue weighted by molar-refractivity contribution is 0.243. The third-order valence-corrected chi connectivity index (χ3v) is 4.70. The molecular formula is C16H19N5O4S. The standard InChI is InChI=1S/C16H19N5O4S/c1-11(2)18-16(22)19-26(24,25)15-10-17-9-8-14(15)21(20-23)13-7-5-4-6-12(13)3/h4-11H,1-3H3,(H2,18,19,22). The minimum atomic E-state index is -4.28. The summed E-state index contributed by atoms with van der Waals surface area (Å²) >= 11 is 0. The number of pyridine rings is 1. The van der Waals surface area contributed by atoms with Gasteiger partial charge in [0.1, 0.15) is 4.90 Å². The van der Waals surface area contributed by atoms with Crippen molar-refractivity contribution in [3.8, 4) is 0 Å². The molecule has 26 heavy (non-hydrogen) atoms. The fraction of sp³-hybridized carbons (Fsp3) is 0.250. The van der Waals surface area contributed by atoms with Gasteiger partial charge in [-0.3, -0.25) is 4.98 Å². The Kier molecular flexibility index (Phi) is 5.88. The summed E-state index contributed by atoms with van der Waals surface area (Å²) in [7, 11) is -4.28. The van der Waals surface area contributed by atoms with Crippen molar-refractivity contribution in [1.29, 1.82) is 0 Å². The van der Waals surface area contributed by atoms with Crippen molar-refractivity contribution in [3.63, 3.8) is 0 Å². The Morgan fingerprint density at radius 1 is 1.19 bits per heavy atom. The summed E-state index contributed by atoms with van der Waals surface area (Å²) in [5.74, 6) is 0. The predicted octanol–water partition coefficient (Wildman–Crippen LogP) is 2.61. The Balaban J connectivity index is 2.48. The Morgan fingerprint density at radius 2 is 1.88 bits per heavy atom. The lowest BCUT2D eigenvalue weighted by Gasteiger charge is -2.20. The van der Waals surface area contributed by atoms with Crippen LogP contribution in [0, 0.1) is 11.8 Å². The smallest absolute Gasteiger partial charge is 0.328 e. The van der Waals surface area contributed by atoms with E-state index in [2.05, 4.69) is 15.6 Å². The van der Waals surface area contributed by atoms with Gasteiger partial charge in [-0.15, -0.1) is 4.91 Å². The van der Waals surface area contributed by atoms with Crippen LogP contribution in [0.15, 0.2) is 52.9 Å². The largest absolute Gasteiger partial charge is 0.335 e. The molecule has 0 saturated heterocycles. The zero-order valence-electron chi connectivity index (χ0n) is 14.5. The number of urea groups is 1. The number of amides is 2. The highest BCUT2D eigenvalue weighted by Gasteiger charge is 2.26. The van der Waals surface area contributed by atoms with E-state index in [-0.39, 0.29) is 16.6 Å². The second-order valence-corrected chi connectivity index (χ2v) is 7.41.